The molecule has 0 radical (unpaired) electrons. The molecule has 1 heterocycles. The van der Waals surface area contributed by atoms with E-state index in [1.165, 1.54) is 17.8 Å². The molecule has 5 nitrogen and oxygen atoms in total. The molecule has 1 atom stereocenters. The second kappa shape index (κ2) is 4.85. The van der Waals surface area contributed by atoms with E-state index in [0.29, 0.717) is 21.6 Å². The largest absolute Gasteiger partial charge is 0.506 e. The molecule has 1 aliphatic rings. The molecule has 17 heavy (non-hydrogen) atoms. The van der Waals surface area contributed by atoms with Crippen molar-refractivity contribution in [3.05, 3.63) is 23.2 Å². The molecule has 2 rings (SSSR count). The molecule has 1 unspecified atom stereocenters. The number of hydrogen-bond acceptors (Lipinski definition) is 5. The van der Waals surface area contributed by atoms with Crippen LogP contribution in [0.2, 0.25) is 5.02 Å². The van der Waals surface area contributed by atoms with E-state index in [2.05, 4.69) is 10.3 Å². The summed E-state index contributed by atoms with van der Waals surface area (Å²) in [5, 5.41) is 22.1. The average molecular weight is 273 g/mol. The predicted octanol–water partition coefficient (Wildman–Crippen LogP) is 2.01. The summed E-state index contributed by atoms with van der Waals surface area (Å²) < 4.78 is 0. The standard InChI is InChI=1S/C10H9ClN2O3S/c11-5-1-2-6(8(14)3-5)12-10-13-7(4-17-10)9(15)16/h1-3,7,14H,4H2,(H,12,13)(H,15,16). The number of aromatic hydroxyl groups is 1. The molecule has 90 valence electrons. The molecule has 1 aromatic carbocycles. The van der Waals surface area contributed by atoms with Gasteiger partial charge in [0.25, 0.3) is 0 Å². The molecule has 0 amide bonds. The van der Waals surface area contributed by atoms with Crippen molar-refractivity contribution in [2.45, 2.75) is 6.04 Å². The molecule has 0 saturated heterocycles. The predicted molar refractivity (Wildman–Crippen MR) is 68.1 cm³/mol. The van der Waals surface area contributed by atoms with Gasteiger partial charge in [0.2, 0.25) is 0 Å². The van der Waals surface area contributed by atoms with Gasteiger partial charge in [0, 0.05) is 16.8 Å². The van der Waals surface area contributed by atoms with E-state index >= 15 is 0 Å². The number of phenolic OH excluding ortho intramolecular Hbond substituents is 1. The molecule has 0 aromatic heterocycles. The molecule has 0 saturated carbocycles. The Labute approximate surface area is 107 Å². The first-order valence-electron chi connectivity index (χ1n) is 4.75. The van der Waals surface area contributed by atoms with Crippen LogP contribution in [0.3, 0.4) is 0 Å². The smallest absolute Gasteiger partial charge is 0.329 e. The third-order valence-electron chi connectivity index (χ3n) is 2.14. The Morgan fingerprint density at radius 1 is 1.59 bits per heavy atom. The highest BCUT2D eigenvalue weighted by Crippen LogP contribution is 2.29. The molecule has 0 bridgehead atoms. The lowest BCUT2D eigenvalue weighted by Crippen LogP contribution is -2.17. The van der Waals surface area contributed by atoms with E-state index in [1.54, 1.807) is 12.1 Å². The highest BCUT2D eigenvalue weighted by Gasteiger charge is 2.24. The maximum Gasteiger partial charge on any atom is 0.329 e. The van der Waals surface area contributed by atoms with E-state index in [1.807, 2.05) is 0 Å². The molecule has 0 spiro atoms. The van der Waals surface area contributed by atoms with Gasteiger partial charge in [-0.25, -0.2) is 9.79 Å². The van der Waals surface area contributed by atoms with Gasteiger partial charge in [-0.15, -0.1) is 0 Å². The summed E-state index contributed by atoms with van der Waals surface area (Å²) in [6.45, 7) is 0. The highest BCUT2D eigenvalue weighted by atomic mass is 35.5. The van der Waals surface area contributed by atoms with Gasteiger partial charge in [-0.3, -0.25) is 0 Å². The quantitative estimate of drug-likeness (QED) is 0.718. The number of anilines is 1. The van der Waals surface area contributed by atoms with Gasteiger partial charge in [0.1, 0.15) is 5.75 Å². The topological polar surface area (TPSA) is 81.9 Å². The molecule has 1 aromatic rings. The zero-order chi connectivity index (χ0) is 12.4. The van der Waals surface area contributed by atoms with Crippen molar-refractivity contribution < 1.29 is 15.0 Å². The Morgan fingerprint density at radius 2 is 2.35 bits per heavy atom. The van der Waals surface area contributed by atoms with Crippen LogP contribution in [0.15, 0.2) is 23.2 Å². The highest BCUT2D eigenvalue weighted by molar-refractivity contribution is 8.14. The first kappa shape index (κ1) is 12.1. The van der Waals surface area contributed by atoms with Gasteiger partial charge in [-0.05, 0) is 12.1 Å². The van der Waals surface area contributed by atoms with Gasteiger partial charge in [0.05, 0.1) is 5.69 Å². The van der Waals surface area contributed by atoms with Crippen LogP contribution in [-0.4, -0.2) is 33.1 Å². The van der Waals surface area contributed by atoms with Gasteiger partial charge in [0.15, 0.2) is 11.2 Å². The monoisotopic (exact) mass is 272 g/mol. The second-order valence-corrected chi connectivity index (χ2v) is 4.83. The number of aliphatic imine (C=N–C) groups is 1. The van der Waals surface area contributed by atoms with E-state index in [9.17, 15) is 9.90 Å². The molecule has 0 fully saturated rings. The first-order valence-corrected chi connectivity index (χ1v) is 6.11. The average Bonchev–Trinajstić information content (AvgIpc) is 2.71. The van der Waals surface area contributed by atoms with Crippen molar-refractivity contribution >= 4 is 40.2 Å². The summed E-state index contributed by atoms with van der Waals surface area (Å²) in [6.07, 6.45) is 0. The Morgan fingerprint density at radius 3 is 2.94 bits per heavy atom. The number of nitrogens with one attached hydrogen (secondary N) is 1. The third-order valence-corrected chi connectivity index (χ3v) is 3.34. The zero-order valence-electron chi connectivity index (χ0n) is 8.55. The van der Waals surface area contributed by atoms with E-state index < -0.39 is 12.0 Å². The Bertz CT molecular complexity index is 492. The van der Waals surface area contributed by atoms with Crippen molar-refractivity contribution in [2.24, 2.45) is 4.99 Å². The van der Waals surface area contributed by atoms with Crippen LogP contribution in [0.1, 0.15) is 0 Å². The lowest BCUT2D eigenvalue weighted by atomic mass is 10.3. The van der Waals surface area contributed by atoms with Crippen LogP contribution in [0, 0.1) is 0 Å². The summed E-state index contributed by atoms with van der Waals surface area (Å²) >= 11 is 7.00. The Hall–Kier alpha value is -1.40. The van der Waals surface area contributed by atoms with Gasteiger partial charge in [-0.1, -0.05) is 23.4 Å². The Kier molecular flexibility index (Phi) is 3.44. The maximum atomic E-state index is 10.7. The maximum absolute atomic E-state index is 10.7. The molecule has 7 heteroatoms. The number of phenols is 1. The SMILES string of the molecule is O=C(O)C1CSC(Nc2ccc(Cl)cc2O)=N1. The Balaban J connectivity index is 2.12. The van der Waals surface area contributed by atoms with Crippen LogP contribution >= 0.6 is 23.4 Å². The number of carboxylic acids is 1. The van der Waals surface area contributed by atoms with Crippen molar-refractivity contribution in [3.63, 3.8) is 0 Å². The molecule has 0 aliphatic carbocycles. The van der Waals surface area contributed by atoms with Crippen LogP contribution in [0.5, 0.6) is 5.75 Å². The minimum absolute atomic E-state index is 0.000394. The van der Waals surface area contributed by atoms with Crippen LogP contribution in [0.25, 0.3) is 0 Å². The number of nitrogens with zero attached hydrogens (tertiary/aromatic N) is 1. The molecular formula is C10H9ClN2O3S. The minimum Gasteiger partial charge on any atom is -0.506 e. The fourth-order valence-corrected chi connectivity index (χ4v) is 2.38. The first-order chi connectivity index (χ1) is 8.06. The third kappa shape index (κ3) is 2.83. The van der Waals surface area contributed by atoms with Gasteiger partial charge < -0.3 is 15.5 Å². The fourth-order valence-electron chi connectivity index (χ4n) is 1.29. The molecule has 3 N–H and O–H groups in total. The molecular weight excluding hydrogens is 264 g/mol. The number of benzene rings is 1. The van der Waals surface area contributed by atoms with Crippen LogP contribution < -0.4 is 5.32 Å². The number of carbonyl (C=O) groups is 1. The summed E-state index contributed by atoms with van der Waals surface area (Å²) in [4.78, 5) is 14.7. The van der Waals surface area contributed by atoms with Crippen molar-refractivity contribution in [1.29, 1.82) is 0 Å². The number of carboxylic acid groups (broad SMARTS) is 1. The van der Waals surface area contributed by atoms with Gasteiger partial charge >= 0.3 is 5.97 Å². The van der Waals surface area contributed by atoms with E-state index in [4.69, 9.17) is 16.7 Å². The number of rotatable bonds is 2. The zero-order valence-corrected chi connectivity index (χ0v) is 10.1. The lowest BCUT2D eigenvalue weighted by molar-refractivity contribution is -0.137. The summed E-state index contributed by atoms with van der Waals surface area (Å²) in [5.74, 6) is -0.555. The second-order valence-electron chi connectivity index (χ2n) is 3.39. The number of halogens is 1. The number of amidine groups is 1. The van der Waals surface area contributed by atoms with Crippen molar-refractivity contribution in [2.75, 3.05) is 11.1 Å². The van der Waals surface area contributed by atoms with Gasteiger partial charge in [-0.2, -0.15) is 0 Å². The van der Waals surface area contributed by atoms with Crippen molar-refractivity contribution in [3.8, 4) is 5.75 Å². The summed E-state index contributed by atoms with van der Waals surface area (Å²) in [5.41, 5.74) is 0.451. The van der Waals surface area contributed by atoms with E-state index in [-0.39, 0.29) is 5.75 Å². The summed E-state index contributed by atoms with van der Waals surface area (Å²) in [7, 11) is 0. The normalized spacial score (nSPS) is 18.9. The molecule has 1 aliphatic heterocycles. The number of hydrogen-bond donors (Lipinski definition) is 3. The number of aliphatic carboxylic acids is 1. The van der Waals surface area contributed by atoms with Crippen LogP contribution in [0.4, 0.5) is 5.69 Å². The summed E-state index contributed by atoms with van der Waals surface area (Å²) in [6, 6.07) is 3.91. The van der Waals surface area contributed by atoms with E-state index in [0.717, 1.165) is 0 Å². The van der Waals surface area contributed by atoms with Crippen molar-refractivity contribution in [1.82, 2.24) is 0 Å². The lowest BCUT2D eigenvalue weighted by Gasteiger charge is -2.07. The number of thioether (sulfide) groups is 1. The fraction of sp³-hybridized carbons (Fsp3) is 0.200. The van der Waals surface area contributed by atoms with Crippen LogP contribution in [-0.2, 0) is 4.79 Å². The minimum atomic E-state index is -0.949.